The Hall–Kier alpha value is -2.17. The van der Waals surface area contributed by atoms with E-state index in [4.69, 9.17) is 14.2 Å². The van der Waals surface area contributed by atoms with E-state index in [-0.39, 0.29) is 5.56 Å². The quantitative estimate of drug-likeness (QED) is 0.161. The van der Waals surface area contributed by atoms with Gasteiger partial charge in [-0.1, -0.05) is 91.9 Å². The zero-order valence-corrected chi connectivity index (χ0v) is 23.5. The van der Waals surface area contributed by atoms with Crippen LogP contribution in [-0.4, -0.2) is 24.4 Å². The van der Waals surface area contributed by atoms with Crippen molar-refractivity contribution in [1.29, 1.82) is 0 Å². The number of aryl methyl sites for hydroxylation is 1. The van der Waals surface area contributed by atoms with Crippen molar-refractivity contribution in [2.45, 2.75) is 124 Å². The number of fused-ring (bicyclic) bond motifs is 1. The van der Waals surface area contributed by atoms with Gasteiger partial charge in [-0.05, 0) is 37.8 Å². The third kappa shape index (κ3) is 9.71. The summed E-state index contributed by atoms with van der Waals surface area (Å²) >= 11 is 0. The lowest BCUT2D eigenvalue weighted by Gasteiger charge is -2.19. The molecule has 0 fully saturated rings. The molecule has 5 nitrogen and oxygen atoms in total. The van der Waals surface area contributed by atoms with Crippen LogP contribution in [0.1, 0.15) is 118 Å². The normalized spacial score (nSPS) is 11.2. The van der Waals surface area contributed by atoms with E-state index in [0.717, 1.165) is 61.6 Å². The minimum Gasteiger partial charge on any atom is -0.494 e. The molecule has 0 aliphatic heterocycles. The number of benzene rings is 1. The average molecular weight is 502 g/mol. The van der Waals surface area contributed by atoms with Gasteiger partial charge >= 0.3 is 0 Å². The van der Waals surface area contributed by atoms with Crippen molar-refractivity contribution in [3.05, 3.63) is 28.6 Å². The Bertz CT molecular complexity index is 921. The second-order valence-electron chi connectivity index (χ2n) is 9.87. The maximum absolute atomic E-state index is 13.8. The standard InChI is InChI=1S/C31H51NO4/c1-5-9-13-15-16-17-21-32-28-25-26(34-24-18-14-10-6-2)19-20-27(28)29(35-22-11-7-3)30(31(32)33)36-23-12-8-4/h19-20,25H,5-18,21-24H2,1-4H3. The number of rotatable bonds is 21. The maximum Gasteiger partial charge on any atom is 0.297 e. The SMILES string of the molecule is CCCCCCCCn1c(=O)c(OCCCC)c(OCCCC)c2ccc(OCCCCCC)cc21. The van der Waals surface area contributed by atoms with Crippen molar-refractivity contribution in [2.75, 3.05) is 19.8 Å². The molecule has 0 amide bonds. The van der Waals surface area contributed by atoms with Crippen molar-refractivity contribution in [2.24, 2.45) is 0 Å². The molecule has 2 rings (SSSR count). The number of nitrogens with zero attached hydrogens (tertiary/aromatic N) is 1. The van der Waals surface area contributed by atoms with Gasteiger partial charge in [-0.2, -0.15) is 0 Å². The number of pyridine rings is 1. The highest BCUT2D eigenvalue weighted by Gasteiger charge is 2.20. The van der Waals surface area contributed by atoms with E-state index in [1.165, 1.54) is 44.9 Å². The highest BCUT2D eigenvalue weighted by atomic mass is 16.5. The second kappa shape index (κ2) is 18.1. The maximum atomic E-state index is 13.8. The van der Waals surface area contributed by atoms with Crippen LogP contribution in [0, 0.1) is 0 Å². The van der Waals surface area contributed by atoms with E-state index >= 15 is 0 Å². The summed E-state index contributed by atoms with van der Waals surface area (Å²) in [5, 5.41) is 0.932. The highest BCUT2D eigenvalue weighted by Crippen LogP contribution is 2.35. The number of aromatic nitrogens is 1. The van der Waals surface area contributed by atoms with E-state index in [9.17, 15) is 4.79 Å². The van der Waals surface area contributed by atoms with Crippen LogP contribution in [0.2, 0.25) is 0 Å². The van der Waals surface area contributed by atoms with Gasteiger partial charge in [0, 0.05) is 18.0 Å². The van der Waals surface area contributed by atoms with Crippen LogP contribution in [0.25, 0.3) is 10.9 Å². The van der Waals surface area contributed by atoms with E-state index < -0.39 is 0 Å². The molecule has 0 saturated carbocycles. The molecular formula is C31H51NO4. The van der Waals surface area contributed by atoms with Crippen LogP contribution in [0.3, 0.4) is 0 Å². The van der Waals surface area contributed by atoms with Gasteiger partial charge in [0.25, 0.3) is 5.56 Å². The molecule has 36 heavy (non-hydrogen) atoms. The molecule has 5 heteroatoms. The van der Waals surface area contributed by atoms with Crippen LogP contribution in [0.5, 0.6) is 17.2 Å². The fourth-order valence-electron chi connectivity index (χ4n) is 4.37. The molecular weight excluding hydrogens is 450 g/mol. The summed E-state index contributed by atoms with van der Waals surface area (Å²) in [7, 11) is 0. The Morgan fingerprint density at radius 3 is 1.83 bits per heavy atom. The summed E-state index contributed by atoms with van der Waals surface area (Å²) in [5.41, 5.74) is 0.799. The van der Waals surface area contributed by atoms with Crippen molar-refractivity contribution < 1.29 is 14.2 Å². The average Bonchev–Trinajstić information content (AvgIpc) is 2.89. The van der Waals surface area contributed by atoms with Crippen molar-refractivity contribution in [1.82, 2.24) is 4.57 Å². The molecule has 0 spiro atoms. The Morgan fingerprint density at radius 1 is 0.611 bits per heavy atom. The minimum absolute atomic E-state index is 0.0845. The van der Waals surface area contributed by atoms with Gasteiger partial charge in [-0.3, -0.25) is 4.79 Å². The third-order valence-electron chi connectivity index (χ3n) is 6.64. The monoisotopic (exact) mass is 501 g/mol. The second-order valence-corrected chi connectivity index (χ2v) is 9.87. The molecule has 0 aliphatic carbocycles. The molecule has 1 aromatic heterocycles. The molecule has 1 heterocycles. The molecule has 0 aliphatic rings. The van der Waals surface area contributed by atoms with Gasteiger partial charge in [0.1, 0.15) is 5.75 Å². The van der Waals surface area contributed by atoms with Gasteiger partial charge in [0.2, 0.25) is 5.75 Å². The molecule has 204 valence electrons. The van der Waals surface area contributed by atoms with E-state index in [1.807, 2.05) is 22.8 Å². The fourth-order valence-corrected chi connectivity index (χ4v) is 4.37. The first-order valence-electron chi connectivity index (χ1n) is 14.8. The van der Waals surface area contributed by atoms with Gasteiger partial charge in [-0.15, -0.1) is 0 Å². The fraction of sp³-hybridized carbons (Fsp3) is 0.710. The lowest BCUT2D eigenvalue weighted by atomic mass is 10.1. The lowest BCUT2D eigenvalue weighted by Crippen LogP contribution is -2.24. The smallest absolute Gasteiger partial charge is 0.297 e. The molecule has 0 unspecified atom stereocenters. The largest absolute Gasteiger partial charge is 0.494 e. The highest BCUT2D eigenvalue weighted by molar-refractivity contribution is 5.89. The van der Waals surface area contributed by atoms with Gasteiger partial charge < -0.3 is 18.8 Å². The zero-order valence-electron chi connectivity index (χ0n) is 23.5. The first-order valence-corrected chi connectivity index (χ1v) is 14.8. The van der Waals surface area contributed by atoms with Crippen LogP contribution in [0.4, 0.5) is 0 Å². The predicted octanol–water partition coefficient (Wildman–Crippen LogP) is 8.68. The molecule has 1 aromatic carbocycles. The number of unbranched alkanes of at least 4 members (excludes halogenated alkanes) is 10. The van der Waals surface area contributed by atoms with Crippen LogP contribution in [-0.2, 0) is 6.54 Å². The Morgan fingerprint density at radius 2 is 1.17 bits per heavy atom. The number of ether oxygens (including phenoxy) is 3. The Labute approximate surface area is 219 Å². The van der Waals surface area contributed by atoms with Crippen molar-refractivity contribution in [3.8, 4) is 17.2 Å². The van der Waals surface area contributed by atoms with Gasteiger partial charge in [0.05, 0.1) is 25.3 Å². The third-order valence-corrected chi connectivity index (χ3v) is 6.64. The van der Waals surface area contributed by atoms with Crippen LogP contribution < -0.4 is 19.8 Å². The summed E-state index contributed by atoms with van der Waals surface area (Å²) in [6.07, 6.45) is 15.7. The summed E-state index contributed by atoms with van der Waals surface area (Å²) in [4.78, 5) is 13.8. The van der Waals surface area contributed by atoms with Gasteiger partial charge in [0.15, 0.2) is 5.75 Å². The summed E-state index contributed by atoms with van der Waals surface area (Å²) in [5.74, 6) is 1.77. The van der Waals surface area contributed by atoms with Crippen molar-refractivity contribution in [3.63, 3.8) is 0 Å². The lowest BCUT2D eigenvalue weighted by molar-refractivity contribution is 0.259. The number of hydrogen-bond donors (Lipinski definition) is 0. The van der Waals surface area contributed by atoms with E-state index in [2.05, 4.69) is 27.7 Å². The van der Waals surface area contributed by atoms with Crippen LogP contribution in [0.15, 0.2) is 23.0 Å². The van der Waals surface area contributed by atoms with E-state index in [1.54, 1.807) is 0 Å². The zero-order chi connectivity index (χ0) is 26.0. The molecule has 0 saturated heterocycles. The topological polar surface area (TPSA) is 49.7 Å². The Balaban J connectivity index is 2.40. The van der Waals surface area contributed by atoms with Crippen LogP contribution >= 0.6 is 0 Å². The van der Waals surface area contributed by atoms with E-state index in [0.29, 0.717) is 37.9 Å². The summed E-state index contributed by atoms with van der Waals surface area (Å²) in [6.45, 7) is 11.2. The molecule has 0 atom stereocenters. The predicted molar refractivity (Wildman–Crippen MR) is 152 cm³/mol. The first-order chi connectivity index (χ1) is 17.7. The summed E-state index contributed by atoms with van der Waals surface area (Å²) in [6, 6.07) is 6.07. The molecule has 2 aromatic rings. The molecule has 0 radical (unpaired) electrons. The minimum atomic E-state index is -0.0845. The van der Waals surface area contributed by atoms with Crippen molar-refractivity contribution >= 4 is 10.9 Å². The Kier molecular flexibility index (Phi) is 15.1. The van der Waals surface area contributed by atoms with Gasteiger partial charge in [-0.25, -0.2) is 0 Å². The molecule has 0 bridgehead atoms. The molecule has 0 N–H and O–H groups in total. The number of hydrogen-bond acceptors (Lipinski definition) is 4. The summed E-state index contributed by atoms with van der Waals surface area (Å²) < 4.78 is 20.3. The first kappa shape index (κ1) is 30.1.